The van der Waals surface area contributed by atoms with E-state index in [0.29, 0.717) is 26.2 Å². The molecule has 2 fully saturated rings. The minimum absolute atomic E-state index is 0.00723. The van der Waals surface area contributed by atoms with Crippen molar-refractivity contribution in [1.29, 1.82) is 0 Å². The first kappa shape index (κ1) is 28.2. The fraction of sp³-hybridized carbons (Fsp3) is 0.536. The van der Waals surface area contributed by atoms with Gasteiger partial charge in [-0.2, -0.15) is 0 Å². The van der Waals surface area contributed by atoms with Crippen molar-refractivity contribution in [3.05, 3.63) is 59.7 Å². The smallest absolute Gasteiger partial charge is 0.248 e. The van der Waals surface area contributed by atoms with Crippen molar-refractivity contribution in [2.24, 2.45) is 0 Å². The second-order valence-electron chi connectivity index (χ2n) is 10.1. The van der Waals surface area contributed by atoms with Gasteiger partial charge in [0.25, 0.3) is 0 Å². The summed E-state index contributed by atoms with van der Waals surface area (Å²) < 4.78 is 43.7. The molecule has 8 nitrogen and oxygen atoms in total. The Morgan fingerprint density at radius 3 is 2.32 bits per heavy atom. The summed E-state index contributed by atoms with van der Waals surface area (Å²) in [7, 11) is 1.44. The lowest BCUT2D eigenvalue weighted by molar-refractivity contribution is -0.138. The second-order valence-corrected chi connectivity index (χ2v) is 10.1. The number of rotatable bonds is 11. The quantitative estimate of drug-likeness (QED) is 0.476. The van der Waals surface area contributed by atoms with E-state index in [-0.39, 0.29) is 38.0 Å². The Bertz CT molecular complexity index is 1030. The van der Waals surface area contributed by atoms with Gasteiger partial charge >= 0.3 is 0 Å². The molecule has 1 N–H and O–H groups in total. The molecule has 2 heterocycles. The highest BCUT2D eigenvalue weighted by molar-refractivity contribution is 5.77. The number of amides is 1. The number of β-amino-alcohol motifs (C(OH)–C–C–N with tert-alkyl or cyclic N) is 1. The van der Waals surface area contributed by atoms with Crippen molar-refractivity contribution < 1.29 is 32.9 Å². The van der Waals surface area contributed by atoms with Crippen molar-refractivity contribution in [3.63, 3.8) is 0 Å². The topological polar surface area (TPSA) is 74.7 Å². The summed E-state index contributed by atoms with van der Waals surface area (Å²) in [6.07, 6.45) is 2.52. The van der Waals surface area contributed by atoms with E-state index in [1.54, 1.807) is 0 Å². The van der Waals surface area contributed by atoms with Gasteiger partial charge in [0, 0.05) is 58.0 Å². The van der Waals surface area contributed by atoms with Gasteiger partial charge in [-0.1, -0.05) is 12.1 Å². The lowest BCUT2D eigenvalue weighted by atomic mass is 10.0. The van der Waals surface area contributed by atoms with Crippen molar-refractivity contribution in [1.82, 2.24) is 14.7 Å². The van der Waals surface area contributed by atoms with Crippen molar-refractivity contribution in [2.45, 2.75) is 25.0 Å². The predicted molar refractivity (Wildman–Crippen MR) is 138 cm³/mol. The zero-order valence-corrected chi connectivity index (χ0v) is 21.9. The summed E-state index contributed by atoms with van der Waals surface area (Å²) in [5.74, 6) is -1.00. The summed E-state index contributed by atoms with van der Waals surface area (Å²) in [6, 6.07) is 10.7. The summed E-state index contributed by atoms with van der Waals surface area (Å²) in [4.78, 5) is 18.6. The van der Waals surface area contributed by atoms with Gasteiger partial charge in [0.1, 0.15) is 48.6 Å². The van der Waals surface area contributed by atoms with Crippen molar-refractivity contribution in [2.75, 3.05) is 72.7 Å². The minimum Gasteiger partial charge on any atom is -0.492 e. The number of hydrogen-bond donors (Lipinski definition) is 1. The van der Waals surface area contributed by atoms with Gasteiger partial charge in [0.05, 0.1) is 6.54 Å². The van der Waals surface area contributed by atoms with Crippen LogP contribution >= 0.6 is 0 Å². The maximum absolute atomic E-state index is 13.6. The zero-order valence-electron chi connectivity index (χ0n) is 21.9. The minimum atomic E-state index is -1.47. The van der Waals surface area contributed by atoms with Crippen LogP contribution in [0.3, 0.4) is 0 Å². The first-order valence-corrected chi connectivity index (χ1v) is 13.1. The van der Waals surface area contributed by atoms with Crippen LogP contribution in [0.15, 0.2) is 42.5 Å². The molecule has 0 radical (unpaired) electrons. The number of methoxy groups -OCH3 is 1. The maximum atomic E-state index is 13.6. The molecule has 2 aliphatic heterocycles. The Balaban J connectivity index is 1.38. The van der Waals surface area contributed by atoms with Gasteiger partial charge in [0.15, 0.2) is 0 Å². The van der Waals surface area contributed by atoms with E-state index in [1.807, 2.05) is 29.2 Å². The fourth-order valence-corrected chi connectivity index (χ4v) is 4.97. The number of benzene rings is 2. The summed E-state index contributed by atoms with van der Waals surface area (Å²) >= 11 is 0. The number of hydrogen-bond acceptors (Lipinski definition) is 7. The highest BCUT2D eigenvalue weighted by Gasteiger charge is 2.37. The maximum Gasteiger partial charge on any atom is 0.248 e. The van der Waals surface area contributed by atoms with Crippen LogP contribution in [0.5, 0.6) is 11.5 Å². The molecule has 0 saturated carbocycles. The Hall–Kier alpha value is -2.79. The average molecular weight is 534 g/mol. The van der Waals surface area contributed by atoms with Gasteiger partial charge in [-0.3, -0.25) is 14.6 Å². The molecular weight excluding hydrogens is 496 g/mol. The van der Waals surface area contributed by atoms with E-state index in [4.69, 9.17) is 14.2 Å². The lowest BCUT2D eigenvalue weighted by Crippen LogP contribution is -2.52. The van der Waals surface area contributed by atoms with Crippen LogP contribution < -0.4 is 9.47 Å². The predicted octanol–water partition coefficient (Wildman–Crippen LogP) is 2.54. The molecule has 38 heavy (non-hydrogen) atoms. The zero-order chi connectivity index (χ0) is 27.0. The van der Waals surface area contributed by atoms with Gasteiger partial charge in [-0.25, -0.2) is 8.78 Å². The molecule has 2 saturated heterocycles. The third kappa shape index (κ3) is 8.36. The number of likely N-dealkylation sites (tertiary alicyclic amines) is 1. The van der Waals surface area contributed by atoms with Gasteiger partial charge < -0.3 is 24.2 Å². The number of carbonyl (C=O) groups is 1. The van der Waals surface area contributed by atoms with Crippen LogP contribution in [0, 0.1) is 11.6 Å². The molecule has 2 aromatic carbocycles. The Labute approximate surface area is 222 Å². The van der Waals surface area contributed by atoms with E-state index in [9.17, 15) is 18.7 Å². The Morgan fingerprint density at radius 2 is 1.63 bits per heavy atom. The number of ether oxygens (including phenoxy) is 3. The monoisotopic (exact) mass is 533 g/mol. The first-order valence-electron chi connectivity index (χ1n) is 13.1. The molecule has 10 heteroatoms. The molecule has 2 aliphatic rings. The van der Waals surface area contributed by atoms with E-state index in [1.165, 1.54) is 24.9 Å². The molecule has 0 spiro atoms. The van der Waals surface area contributed by atoms with E-state index < -0.39 is 17.2 Å². The molecule has 4 rings (SSSR count). The SMILES string of the molecule is COCC(=O)N1CCN(Cc2ccc(OCCN3CCCC3)cc2)C[C@](O)(COc2cc(F)cc(F)c2)C1. The first-order chi connectivity index (χ1) is 18.3. The highest BCUT2D eigenvalue weighted by atomic mass is 19.1. The molecule has 2 aromatic rings. The Morgan fingerprint density at radius 1 is 0.921 bits per heavy atom. The van der Waals surface area contributed by atoms with Crippen LogP contribution in [0.25, 0.3) is 0 Å². The van der Waals surface area contributed by atoms with Gasteiger partial charge in [-0.15, -0.1) is 0 Å². The van der Waals surface area contributed by atoms with E-state index in [2.05, 4.69) is 4.90 Å². The van der Waals surface area contributed by atoms with Gasteiger partial charge in [-0.05, 0) is 43.6 Å². The van der Waals surface area contributed by atoms with Crippen LogP contribution in [-0.4, -0.2) is 104 Å². The molecule has 0 aliphatic carbocycles. The highest BCUT2D eigenvalue weighted by Crippen LogP contribution is 2.22. The largest absolute Gasteiger partial charge is 0.492 e. The Kier molecular flexibility index (Phi) is 9.90. The number of halogens is 2. The third-order valence-electron chi connectivity index (χ3n) is 6.86. The number of aliphatic hydroxyl groups is 1. The molecule has 0 aromatic heterocycles. The molecule has 0 bridgehead atoms. The molecule has 208 valence electrons. The standard InChI is InChI=1S/C28H37F2N3O5/c1-36-18-27(34)33-11-10-32(19-28(35,20-33)21-38-26-15-23(29)14-24(30)16-26)17-22-4-6-25(7-5-22)37-13-12-31-8-2-3-9-31/h4-7,14-16,35H,2-3,8-13,17-21H2,1H3/t28-/m1/s1. The van der Waals surface area contributed by atoms with Crippen molar-refractivity contribution in [3.8, 4) is 11.5 Å². The van der Waals surface area contributed by atoms with Crippen LogP contribution in [-0.2, 0) is 16.1 Å². The van der Waals surface area contributed by atoms with Crippen LogP contribution in [0.4, 0.5) is 8.78 Å². The van der Waals surface area contributed by atoms with E-state index in [0.717, 1.165) is 49.1 Å². The molecular formula is C28H37F2N3O5. The lowest BCUT2D eigenvalue weighted by Gasteiger charge is -2.33. The number of carbonyl (C=O) groups excluding carboxylic acids is 1. The van der Waals surface area contributed by atoms with Gasteiger partial charge in [0.2, 0.25) is 5.91 Å². The number of nitrogens with zero attached hydrogens (tertiary/aromatic N) is 3. The molecule has 1 amide bonds. The third-order valence-corrected chi connectivity index (χ3v) is 6.86. The van der Waals surface area contributed by atoms with Crippen LogP contribution in [0.1, 0.15) is 18.4 Å². The molecule has 1 atom stereocenters. The summed E-state index contributed by atoms with van der Waals surface area (Å²) in [6.45, 7) is 5.19. The van der Waals surface area contributed by atoms with Crippen molar-refractivity contribution >= 4 is 5.91 Å². The second kappa shape index (κ2) is 13.3. The van der Waals surface area contributed by atoms with E-state index >= 15 is 0 Å². The average Bonchev–Trinajstić information content (AvgIpc) is 3.33. The summed E-state index contributed by atoms with van der Waals surface area (Å²) in [5, 5.41) is 11.5. The summed E-state index contributed by atoms with van der Waals surface area (Å²) in [5.41, 5.74) is -0.439. The normalized spacial score (nSPS) is 20.9. The fourth-order valence-electron chi connectivity index (χ4n) is 4.97. The molecule has 0 unspecified atom stereocenters. The van der Waals surface area contributed by atoms with Crippen LogP contribution in [0.2, 0.25) is 0 Å².